The highest BCUT2D eigenvalue weighted by Crippen LogP contribution is 2.25. The third-order valence-electron chi connectivity index (χ3n) is 3.16. The highest BCUT2D eigenvalue weighted by atomic mass is 32.1. The molecule has 23 heavy (non-hydrogen) atoms. The van der Waals surface area contributed by atoms with Crippen LogP contribution < -0.4 is 5.32 Å². The van der Waals surface area contributed by atoms with Crippen LogP contribution in [-0.4, -0.2) is 34.1 Å². The molecular weight excluding hydrogens is 318 g/mol. The van der Waals surface area contributed by atoms with Crippen molar-refractivity contribution in [3.63, 3.8) is 0 Å². The minimum atomic E-state index is -1.16. The van der Waals surface area contributed by atoms with E-state index >= 15 is 0 Å². The van der Waals surface area contributed by atoms with E-state index in [1.54, 1.807) is 12.1 Å². The molecule has 1 aromatic carbocycles. The molecule has 2 atom stereocenters. The first-order chi connectivity index (χ1) is 11.1. The third-order valence-corrected chi connectivity index (χ3v) is 4.30. The van der Waals surface area contributed by atoms with E-state index in [9.17, 15) is 15.0 Å². The highest BCUT2D eigenvalue weighted by Gasteiger charge is 2.21. The number of aliphatic hydroxyl groups is 3. The number of ether oxygens (including phenoxy) is 1. The number of thiophene rings is 1. The Kier molecular flexibility index (Phi) is 6.54. The summed E-state index contributed by atoms with van der Waals surface area (Å²) in [5, 5.41) is 31.3. The van der Waals surface area contributed by atoms with Crippen LogP contribution in [0.1, 0.15) is 21.4 Å². The molecule has 0 aliphatic heterocycles. The third kappa shape index (κ3) is 5.33. The van der Waals surface area contributed by atoms with E-state index in [0.29, 0.717) is 9.75 Å². The summed E-state index contributed by atoms with van der Waals surface area (Å²) >= 11 is 1.21. The predicted molar refractivity (Wildman–Crippen MR) is 85.8 cm³/mol. The van der Waals surface area contributed by atoms with E-state index in [-0.39, 0.29) is 19.8 Å². The van der Waals surface area contributed by atoms with E-state index in [1.165, 1.54) is 11.3 Å². The van der Waals surface area contributed by atoms with Crippen LogP contribution in [0.5, 0.6) is 0 Å². The smallest absolute Gasteiger partial charge is 0.407 e. The SMILES string of the molecule is O=C(NCC(O)C(O)c1ccc(CO)s1)OCc1ccccc1. The number of hydrogen-bond acceptors (Lipinski definition) is 6. The van der Waals surface area contributed by atoms with Crippen LogP contribution in [0.15, 0.2) is 42.5 Å². The largest absolute Gasteiger partial charge is 0.445 e. The number of nitrogens with one attached hydrogen (secondary N) is 1. The van der Waals surface area contributed by atoms with E-state index in [4.69, 9.17) is 9.84 Å². The lowest BCUT2D eigenvalue weighted by molar-refractivity contribution is 0.0205. The molecule has 1 heterocycles. The number of rotatable bonds is 7. The second kappa shape index (κ2) is 8.64. The van der Waals surface area contributed by atoms with Gasteiger partial charge in [0, 0.05) is 16.3 Å². The topological polar surface area (TPSA) is 99.0 Å². The number of alkyl carbamates (subject to hydrolysis) is 1. The zero-order valence-corrected chi connectivity index (χ0v) is 13.2. The van der Waals surface area contributed by atoms with Crippen molar-refractivity contribution < 1.29 is 24.9 Å². The van der Waals surface area contributed by atoms with Crippen LogP contribution in [0.2, 0.25) is 0 Å². The minimum absolute atomic E-state index is 0.114. The Morgan fingerprint density at radius 3 is 2.57 bits per heavy atom. The first-order valence-electron chi connectivity index (χ1n) is 7.10. The van der Waals surface area contributed by atoms with E-state index in [0.717, 1.165) is 5.56 Å². The van der Waals surface area contributed by atoms with Gasteiger partial charge in [-0.1, -0.05) is 30.3 Å². The molecular formula is C16H19NO5S. The molecule has 0 saturated carbocycles. The van der Waals surface area contributed by atoms with E-state index in [1.807, 2.05) is 30.3 Å². The van der Waals surface area contributed by atoms with E-state index < -0.39 is 18.3 Å². The van der Waals surface area contributed by atoms with Crippen LogP contribution in [0, 0.1) is 0 Å². The number of benzene rings is 1. The predicted octanol–water partition coefficient (Wildman–Crippen LogP) is 1.56. The molecule has 0 aliphatic rings. The molecule has 124 valence electrons. The van der Waals surface area contributed by atoms with Gasteiger partial charge < -0.3 is 25.4 Å². The van der Waals surface area contributed by atoms with Gasteiger partial charge in [0.2, 0.25) is 0 Å². The van der Waals surface area contributed by atoms with Crippen LogP contribution in [0.3, 0.4) is 0 Å². The molecule has 0 spiro atoms. The lowest BCUT2D eigenvalue weighted by Gasteiger charge is -2.17. The standard InChI is InChI=1S/C16H19NO5S/c18-9-12-6-7-14(23-12)15(20)13(19)8-17-16(21)22-10-11-4-2-1-3-5-11/h1-7,13,15,18-20H,8-10H2,(H,17,21). The second-order valence-corrected chi connectivity index (χ2v) is 6.12. The van der Waals surface area contributed by atoms with Gasteiger partial charge in [0.15, 0.2) is 0 Å². The fourth-order valence-corrected chi connectivity index (χ4v) is 2.82. The number of carbonyl (C=O) groups is 1. The van der Waals surface area contributed by atoms with Crippen molar-refractivity contribution in [2.75, 3.05) is 6.54 Å². The number of amides is 1. The van der Waals surface area contributed by atoms with Gasteiger partial charge in [-0.25, -0.2) is 4.79 Å². The molecule has 0 bridgehead atoms. The van der Waals surface area contributed by atoms with Gasteiger partial charge in [0.1, 0.15) is 18.8 Å². The lowest BCUT2D eigenvalue weighted by Crippen LogP contribution is -2.35. The number of carbonyl (C=O) groups excluding carboxylic acids is 1. The van der Waals surface area contributed by atoms with Gasteiger partial charge in [-0.05, 0) is 17.7 Å². The monoisotopic (exact) mass is 337 g/mol. The number of hydrogen-bond donors (Lipinski definition) is 4. The molecule has 0 saturated heterocycles. The summed E-state index contributed by atoms with van der Waals surface area (Å²) in [4.78, 5) is 12.8. The maximum atomic E-state index is 11.6. The molecule has 2 rings (SSSR count). The molecule has 0 aliphatic carbocycles. The van der Waals surface area contributed by atoms with Crippen LogP contribution in [-0.2, 0) is 18.0 Å². The average Bonchev–Trinajstić information content (AvgIpc) is 3.07. The van der Waals surface area contributed by atoms with Crippen molar-refractivity contribution in [1.29, 1.82) is 0 Å². The summed E-state index contributed by atoms with van der Waals surface area (Å²) in [6.07, 6.45) is -2.96. The van der Waals surface area contributed by atoms with E-state index in [2.05, 4.69) is 5.32 Å². The van der Waals surface area contributed by atoms with Crippen molar-refractivity contribution in [3.05, 3.63) is 57.8 Å². The summed E-state index contributed by atoms with van der Waals surface area (Å²) in [5.74, 6) is 0. The van der Waals surface area contributed by atoms with Crippen molar-refractivity contribution in [2.24, 2.45) is 0 Å². The Morgan fingerprint density at radius 1 is 1.17 bits per heavy atom. The summed E-state index contributed by atoms with van der Waals surface area (Å²) < 4.78 is 5.01. The van der Waals surface area contributed by atoms with Gasteiger partial charge in [-0.15, -0.1) is 11.3 Å². The Balaban J connectivity index is 1.74. The zero-order chi connectivity index (χ0) is 16.7. The van der Waals surface area contributed by atoms with Crippen LogP contribution in [0.25, 0.3) is 0 Å². The first-order valence-corrected chi connectivity index (χ1v) is 7.92. The van der Waals surface area contributed by atoms with Gasteiger partial charge >= 0.3 is 6.09 Å². The molecule has 6 nitrogen and oxygen atoms in total. The van der Waals surface area contributed by atoms with Crippen molar-refractivity contribution >= 4 is 17.4 Å². The molecule has 0 radical (unpaired) electrons. The molecule has 1 amide bonds. The molecule has 0 fully saturated rings. The lowest BCUT2D eigenvalue weighted by atomic mass is 10.1. The average molecular weight is 337 g/mol. The zero-order valence-electron chi connectivity index (χ0n) is 12.4. The Bertz CT molecular complexity index is 616. The maximum absolute atomic E-state index is 11.6. The normalized spacial score (nSPS) is 13.3. The summed E-state index contributed by atoms with van der Waals surface area (Å²) in [7, 11) is 0. The molecule has 1 aromatic heterocycles. The molecule has 4 N–H and O–H groups in total. The quantitative estimate of drug-likeness (QED) is 0.614. The number of aliphatic hydroxyl groups excluding tert-OH is 3. The van der Waals surface area contributed by atoms with Gasteiger partial charge in [0.05, 0.1) is 6.61 Å². The summed E-state index contributed by atoms with van der Waals surface area (Å²) in [6, 6.07) is 12.5. The van der Waals surface area contributed by atoms with Gasteiger partial charge in [0.25, 0.3) is 0 Å². The maximum Gasteiger partial charge on any atom is 0.407 e. The molecule has 2 aromatic rings. The fourth-order valence-electron chi connectivity index (χ4n) is 1.90. The van der Waals surface area contributed by atoms with Crippen LogP contribution >= 0.6 is 11.3 Å². The highest BCUT2D eigenvalue weighted by molar-refractivity contribution is 7.12. The molecule has 7 heteroatoms. The van der Waals surface area contributed by atoms with Crippen LogP contribution in [0.4, 0.5) is 4.79 Å². The van der Waals surface area contributed by atoms with Crippen molar-refractivity contribution in [2.45, 2.75) is 25.4 Å². The summed E-state index contributed by atoms with van der Waals surface area (Å²) in [6.45, 7) is -0.116. The Morgan fingerprint density at radius 2 is 1.91 bits per heavy atom. The Labute approximate surface area is 138 Å². The van der Waals surface area contributed by atoms with Gasteiger partial charge in [-0.2, -0.15) is 0 Å². The molecule has 2 unspecified atom stereocenters. The summed E-state index contributed by atoms with van der Waals surface area (Å²) in [5.41, 5.74) is 0.860. The second-order valence-electron chi connectivity index (χ2n) is 4.92. The van der Waals surface area contributed by atoms with Gasteiger partial charge in [-0.3, -0.25) is 0 Å². The minimum Gasteiger partial charge on any atom is -0.445 e. The van der Waals surface area contributed by atoms with Crippen molar-refractivity contribution in [3.8, 4) is 0 Å². The Hall–Kier alpha value is -1.93. The first kappa shape index (κ1) is 17.4. The van der Waals surface area contributed by atoms with Crippen molar-refractivity contribution in [1.82, 2.24) is 5.32 Å². The fraction of sp³-hybridized carbons (Fsp3) is 0.312.